The Hall–Kier alpha value is -1.11. The molecule has 88 valence electrons. The maximum absolute atomic E-state index is 5.54. The number of rotatable bonds is 2. The van der Waals surface area contributed by atoms with Gasteiger partial charge in [0.25, 0.3) is 0 Å². The second-order valence-electron chi connectivity index (χ2n) is 3.89. The van der Waals surface area contributed by atoms with Crippen LogP contribution in [-0.2, 0) is 11.5 Å². The van der Waals surface area contributed by atoms with E-state index in [2.05, 4.69) is 33.8 Å². The van der Waals surface area contributed by atoms with Gasteiger partial charge in [0.05, 0.1) is 10.6 Å². The van der Waals surface area contributed by atoms with Crippen molar-refractivity contribution in [1.29, 1.82) is 0 Å². The number of aryl methyl sites for hydroxylation is 1. The third kappa shape index (κ3) is 1.82. The maximum Gasteiger partial charge on any atom is 0.172 e. The number of thiophene rings is 1. The fraction of sp³-hybridized carbons (Fsp3) is 0.273. The van der Waals surface area contributed by atoms with Crippen LogP contribution >= 0.6 is 23.1 Å². The van der Waals surface area contributed by atoms with Crippen LogP contribution in [0.15, 0.2) is 11.4 Å². The molecule has 0 saturated carbocycles. The average Bonchev–Trinajstić information content (AvgIpc) is 2.95. The molecule has 0 aliphatic carbocycles. The van der Waals surface area contributed by atoms with E-state index in [1.54, 1.807) is 11.3 Å². The minimum absolute atomic E-state index is 0.766. The van der Waals surface area contributed by atoms with Crippen LogP contribution in [0.4, 0.5) is 5.82 Å². The number of hydrogen-bond acceptors (Lipinski definition) is 6. The van der Waals surface area contributed by atoms with Crippen molar-refractivity contribution < 1.29 is 0 Å². The van der Waals surface area contributed by atoms with Crippen LogP contribution in [0.25, 0.3) is 10.7 Å². The number of nitrogens with one attached hydrogen (secondary N) is 1. The zero-order valence-corrected chi connectivity index (χ0v) is 11.0. The first kappa shape index (κ1) is 11.0. The lowest BCUT2D eigenvalue weighted by molar-refractivity contribution is 1.06. The van der Waals surface area contributed by atoms with Gasteiger partial charge in [0.1, 0.15) is 5.82 Å². The quantitative estimate of drug-likeness (QED) is 0.644. The van der Waals surface area contributed by atoms with Crippen molar-refractivity contribution in [3.05, 3.63) is 28.3 Å². The van der Waals surface area contributed by atoms with Crippen molar-refractivity contribution in [2.45, 2.75) is 18.4 Å². The number of hydrazine groups is 1. The molecule has 1 aliphatic rings. The SMILES string of the molecule is Cc1ccsc1-c1nc2c(c(NN)n1)CSC2. The molecule has 6 heteroatoms. The minimum atomic E-state index is 0.766. The molecule has 1 aliphatic heterocycles. The average molecular weight is 264 g/mol. The predicted octanol–water partition coefficient (Wildman–Crippen LogP) is 2.55. The van der Waals surface area contributed by atoms with Gasteiger partial charge in [0.2, 0.25) is 0 Å². The molecule has 17 heavy (non-hydrogen) atoms. The molecule has 4 nitrogen and oxygen atoms in total. The maximum atomic E-state index is 5.54. The monoisotopic (exact) mass is 264 g/mol. The highest BCUT2D eigenvalue weighted by Crippen LogP contribution is 2.35. The molecule has 0 fully saturated rings. The van der Waals surface area contributed by atoms with Gasteiger partial charge >= 0.3 is 0 Å². The fourth-order valence-electron chi connectivity index (χ4n) is 1.87. The van der Waals surface area contributed by atoms with Crippen LogP contribution in [0.2, 0.25) is 0 Å². The highest BCUT2D eigenvalue weighted by atomic mass is 32.2. The van der Waals surface area contributed by atoms with Gasteiger partial charge in [-0.2, -0.15) is 11.8 Å². The second kappa shape index (κ2) is 4.29. The van der Waals surface area contributed by atoms with Crippen LogP contribution in [0, 0.1) is 6.92 Å². The van der Waals surface area contributed by atoms with Crippen LogP contribution < -0.4 is 11.3 Å². The third-order valence-corrected chi connectivity index (χ3v) is 4.76. The first-order valence-electron chi connectivity index (χ1n) is 5.28. The Morgan fingerprint density at radius 2 is 2.24 bits per heavy atom. The van der Waals surface area contributed by atoms with Crippen LogP contribution in [0.1, 0.15) is 16.8 Å². The van der Waals surface area contributed by atoms with E-state index < -0.39 is 0 Å². The lowest BCUT2D eigenvalue weighted by Crippen LogP contribution is -2.12. The van der Waals surface area contributed by atoms with Crippen molar-refractivity contribution in [3.8, 4) is 10.7 Å². The van der Waals surface area contributed by atoms with Crippen molar-refractivity contribution in [1.82, 2.24) is 9.97 Å². The molecule has 3 N–H and O–H groups in total. The highest BCUT2D eigenvalue weighted by molar-refractivity contribution is 7.98. The number of nitrogen functional groups attached to an aromatic ring is 1. The molecular weight excluding hydrogens is 252 g/mol. The molecule has 3 heterocycles. The third-order valence-electron chi connectivity index (χ3n) is 2.78. The summed E-state index contributed by atoms with van der Waals surface area (Å²) in [7, 11) is 0. The minimum Gasteiger partial charge on any atom is -0.308 e. The fourth-order valence-corrected chi connectivity index (χ4v) is 3.77. The Bertz CT molecular complexity index is 565. The summed E-state index contributed by atoms with van der Waals surface area (Å²) in [5.41, 5.74) is 6.16. The first-order valence-corrected chi connectivity index (χ1v) is 7.31. The van der Waals surface area contributed by atoms with E-state index in [0.29, 0.717) is 0 Å². The number of nitrogens with zero attached hydrogens (tertiary/aromatic N) is 2. The summed E-state index contributed by atoms with van der Waals surface area (Å²) in [4.78, 5) is 10.3. The van der Waals surface area contributed by atoms with Crippen LogP contribution in [0.5, 0.6) is 0 Å². The molecule has 0 saturated heterocycles. The Balaban J connectivity index is 2.16. The zero-order chi connectivity index (χ0) is 11.8. The zero-order valence-electron chi connectivity index (χ0n) is 9.36. The van der Waals surface area contributed by atoms with Gasteiger partial charge in [0, 0.05) is 17.1 Å². The highest BCUT2D eigenvalue weighted by Gasteiger charge is 2.20. The van der Waals surface area contributed by atoms with Gasteiger partial charge < -0.3 is 5.43 Å². The van der Waals surface area contributed by atoms with Crippen molar-refractivity contribution in [2.24, 2.45) is 5.84 Å². The van der Waals surface area contributed by atoms with E-state index in [4.69, 9.17) is 5.84 Å². The first-order chi connectivity index (χ1) is 8.29. The Labute approximate surface area is 108 Å². The van der Waals surface area contributed by atoms with E-state index >= 15 is 0 Å². The van der Waals surface area contributed by atoms with E-state index in [-0.39, 0.29) is 0 Å². The Kier molecular flexibility index (Phi) is 2.78. The lowest BCUT2D eigenvalue weighted by atomic mass is 10.2. The molecule has 0 atom stereocenters. The van der Waals surface area contributed by atoms with Crippen molar-refractivity contribution >= 4 is 28.9 Å². The number of fused-ring (bicyclic) bond motifs is 1. The van der Waals surface area contributed by atoms with E-state index in [1.807, 2.05) is 11.8 Å². The Morgan fingerprint density at radius 3 is 2.94 bits per heavy atom. The van der Waals surface area contributed by atoms with Gasteiger partial charge in [-0.1, -0.05) is 0 Å². The topological polar surface area (TPSA) is 63.8 Å². The van der Waals surface area contributed by atoms with E-state index in [0.717, 1.165) is 39.3 Å². The van der Waals surface area contributed by atoms with Gasteiger partial charge in [-0.05, 0) is 23.9 Å². The second-order valence-corrected chi connectivity index (χ2v) is 5.79. The Morgan fingerprint density at radius 1 is 1.35 bits per heavy atom. The summed E-state index contributed by atoms with van der Waals surface area (Å²) in [5, 5.41) is 2.06. The van der Waals surface area contributed by atoms with E-state index in [1.165, 1.54) is 5.56 Å². The molecule has 0 radical (unpaired) electrons. The van der Waals surface area contributed by atoms with Crippen molar-refractivity contribution in [2.75, 3.05) is 5.43 Å². The van der Waals surface area contributed by atoms with Crippen LogP contribution in [-0.4, -0.2) is 9.97 Å². The van der Waals surface area contributed by atoms with Gasteiger partial charge in [-0.15, -0.1) is 11.3 Å². The normalized spacial score (nSPS) is 13.8. The summed E-state index contributed by atoms with van der Waals surface area (Å²) < 4.78 is 0. The number of thioether (sulfide) groups is 1. The number of aromatic nitrogens is 2. The standard InChI is InChI=1S/C11H12N4S2/c1-6-2-3-17-9(6)11-13-8-5-16-4-7(8)10(14-11)15-12/h2-3H,4-5,12H2,1H3,(H,13,14,15). The van der Waals surface area contributed by atoms with Crippen molar-refractivity contribution in [3.63, 3.8) is 0 Å². The molecular formula is C11H12N4S2. The summed E-state index contributed by atoms with van der Waals surface area (Å²) in [6.07, 6.45) is 0. The van der Waals surface area contributed by atoms with E-state index in [9.17, 15) is 0 Å². The molecule has 0 amide bonds. The molecule has 3 rings (SSSR count). The molecule has 0 aromatic carbocycles. The van der Waals surface area contributed by atoms with Crippen LogP contribution in [0.3, 0.4) is 0 Å². The largest absolute Gasteiger partial charge is 0.308 e. The predicted molar refractivity (Wildman–Crippen MR) is 72.9 cm³/mol. The summed E-state index contributed by atoms with van der Waals surface area (Å²) >= 11 is 3.51. The van der Waals surface area contributed by atoms with Gasteiger partial charge in [0.15, 0.2) is 5.82 Å². The molecule has 2 aromatic rings. The summed E-state index contributed by atoms with van der Waals surface area (Å²) in [5.74, 6) is 8.98. The number of nitrogens with two attached hydrogens (primary N) is 1. The lowest BCUT2D eigenvalue weighted by Gasteiger charge is -2.08. The van der Waals surface area contributed by atoms with Gasteiger partial charge in [-0.3, -0.25) is 0 Å². The molecule has 0 spiro atoms. The smallest absolute Gasteiger partial charge is 0.172 e. The number of anilines is 1. The summed E-state index contributed by atoms with van der Waals surface area (Å²) in [6, 6.07) is 2.08. The molecule has 2 aromatic heterocycles. The molecule has 0 bridgehead atoms. The number of hydrogen-bond donors (Lipinski definition) is 2. The molecule has 0 unspecified atom stereocenters. The summed E-state index contributed by atoms with van der Waals surface area (Å²) in [6.45, 7) is 2.08. The van der Waals surface area contributed by atoms with Gasteiger partial charge in [-0.25, -0.2) is 15.8 Å².